The van der Waals surface area contributed by atoms with Crippen molar-refractivity contribution in [3.63, 3.8) is 0 Å². The predicted octanol–water partition coefficient (Wildman–Crippen LogP) is 3.96. The molecule has 0 fully saturated rings. The van der Waals surface area contributed by atoms with Gasteiger partial charge in [0.1, 0.15) is 5.60 Å². The molecule has 0 radical (unpaired) electrons. The average Bonchev–Trinajstić information content (AvgIpc) is 2.26. The Balaban J connectivity index is 3.30. The van der Waals surface area contributed by atoms with Gasteiger partial charge in [0, 0.05) is 0 Å². The zero-order valence-electron chi connectivity index (χ0n) is 11.6. The molecule has 0 aliphatic rings. The number of benzene rings is 1. The molecular weight excluding hydrogens is 224 g/mol. The summed E-state index contributed by atoms with van der Waals surface area (Å²) in [6.45, 7) is 15.0. The molecule has 17 heavy (non-hydrogen) atoms. The molecule has 0 heterocycles. The molecule has 94 valence electrons. The molecule has 0 spiro atoms. The highest BCUT2D eigenvalue weighted by atomic mass is 28.3. The maximum absolute atomic E-state index is 11.1. The first-order chi connectivity index (χ1) is 7.70. The van der Waals surface area contributed by atoms with Crippen LogP contribution in [0, 0.1) is 5.92 Å². The minimum absolute atomic E-state index is 0.129. The van der Waals surface area contributed by atoms with Crippen molar-refractivity contribution >= 4 is 8.07 Å². The standard InChI is InChI=1S/C15H24OSi/c1-12(2)15(16,13(3)17(4,5)6)14-10-8-7-9-11-14/h7-12,16H,3H2,1-2,4-6H3. The van der Waals surface area contributed by atoms with Gasteiger partial charge < -0.3 is 5.11 Å². The molecule has 0 amide bonds. The molecule has 1 unspecified atom stereocenters. The van der Waals surface area contributed by atoms with E-state index in [1.54, 1.807) is 0 Å². The third-order valence-electron chi connectivity index (χ3n) is 3.41. The average molecular weight is 248 g/mol. The largest absolute Gasteiger partial charge is 0.381 e. The van der Waals surface area contributed by atoms with E-state index in [1.165, 1.54) is 0 Å². The number of aliphatic hydroxyl groups is 1. The first-order valence-electron chi connectivity index (χ1n) is 6.18. The van der Waals surface area contributed by atoms with Crippen LogP contribution < -0.4 is 0 Å². The van der Waals surface area contributed by atoms with Crippen molar-refractivity contribution in [2.45, 2.75) is 39.1 Å². The lowest BCUT2D eigenvalue weighted by Crippen LogP contribution is -2.43. The van der Waals surface area contributed by atoms with Crippen molar-refractivity contribution in [1.29, 1.82) is 0 Å². The fourth-order valence-electron chi connectivity index (χ4n) is 2.12. The minimum atomic E-state index is -1.59. The molecule has 1 aromatic carbocycles. The van der Waals surface area contributed by atoms with Crippen molar-refractivity contribution in [2.24, 2.45) is 5.92 Å². The summed E-state index contributed by atoms with van der Waals surface area (Å²) >= 11 is 0. The molecule has 0 aliphatic carbocycles. The summed E-state index contributed by atoms with van der Waals surface area (Å²) < 4.78 is 0. The monoisotopic (exact) mass is 248 g/mol. The van der Waals surface area contributed by atoms with Crippen LogP contribution in [0.2, 0.25) is 19.6 Å². The van der Waals surface area contributed by atoms with E-state index in [4.69, 9.17) is 0 Å². The fraction of sp³-hybridized carbons (Fsp3) is 0.467. The van der Waals surface area contributed by atoms with Gasteiger partial charge in [-0.05, 0) is 11.5 Å². The van der Waals surface area contributed by atoms with E-state index in [0.29, 0.717) is 0 Å². The van der Waals surface area contributed by atoms with Gasteiger partial charge in [-0.15, -0.1) is 6.58 Å². The Morgan fingerprint density at radius 2 is 1.65 bits per heavy atom. The van der Waals surface area contributed by atoms with Crippen molar-refractivity contribution < 1.29 is 5.11 Å². The Morgan fingerprint density at radius 1 is 1.18 bits per heavy atom. The maximum atomic E-state index is 11.1. The molecule has 0 saturated carbocycles. The summed E-state index contributed by atoms with van der Waals surface area (Å²) in [7, 11) is -1.59. The Morgan fingerprint density at radius 3 is 2.00 bits per heavy atom. The van der Waals surface area contributed by atoms with Crippen LogP contribution in [-0.2, 0) is 5.60 Å². The van der Waals surface area contributed by atoms with Crippen LogP contribution >= 0.6 is 0 Å². The van der Waals surface area contributed by atoms with Crippen LogP contribution in [0.25, 0.3) is 0 Å². The van der Waals surface area contributed by atoms with E-state index in [0.717, 1.165) is 10.8 Å². The predicted molar refractivity (Wildman–Crippen MR) is 77.7 cm³/mol. The van der Waals surface area contributed by atoms with Gasteiger partial charge in [-0.3, -0.25) is 0 Å². The van der Waals surface area contributed by atoms with Gasteiger partial charge in [0.25, 0.3) is 0 Å². The van der Waals surface area contributed by atoms with Gasteiger partial charge in [-0.1, -0.05) is 69.0 Å². The number of hydrogen-bond donors (Lipinski definition) is 1. The highest BCUT2D eigenvalue weighted by Crippen LogP contribution is 2.39. The van der Waals surface area contributed by atoms with E-state index >= 15 is 0 Å². The van der Waals surface area contributed by atoms with Gasteiger partial charge in [0.2, 0.25) is 0 Å². The highest BCUT2D eigenvalue weighted by Gasteiger charge is 2.41. The first kappa shape index (κ1) is 14.2. The van der Waals surface area contributed by atoms with E-state index in [9.17, 15) is 5.11 Å². The lowest BCUT2D eigenvalue weighted by atomic mass is 9.83. The third-order valence-corrected chi connectivity index (χ3v) is 5.61. The molecule has 1 atom stereocenters. The molecular formula is C15H24OSi. The molecule has 0 aromatic heterocycles. The zero-order valence-corrected chi connectivity index (χ0v) is 12.6. The molecule has 1 rings (SSSR count). The first-order valence-corrected chi connectivity index (χ1v) is 9.68. The SMILES string of the molecule is C=C(C(O)(c1ccccc1)C(C)C)[Si](C)(C)C. The molecule has 1 nitrogen and oxygen atoms in total. The van der Waals surface area contributed by atoms with Crippen LogP contribution in [0.3, 0.4) is 0 Å². The second kappa shape index (κ2) is 4.79. The van der Waals surface area contributed by atoms with E-state index in [1.807, 2.05) is 30.3 Å². The Labute approximate surface area is 106 Å². The summed E-state index contributed by atoms with van der Waals surface area (Å²) in [5, 5.41) is 12.1. The minimum Gasteiger partial charge on any atom is -0.381 e. The van der Waals surface area contributed by atoms with Crippen molar-refractivity contribution in [3.8, 4) is 0 Å². The van der Waals surface area contributed by atoms with Gasteiger partial charge in [-0.25, -0.2) is 0 Å². The molecule has 2 heteroatoms. The van der Waals surface area contributed by atoms with Crippen LogP contribution in [0.15, 0.2) is 42.1 Å². The lowest BCUT2D eigenvalue weighted by molar-refractivity contribution is 0.0341. The smallest absolute Gasteiger partial charge is 0.109 e. The zero-order chi connectivity index (χ0) is 13.3. The van der Waals surface area contributed by atoms with Crippen molar-refractivity contribution in [3.05, 3.63) is 47.7 Å². The van der Waals surface area contributed by atoms with Gasteiger partial charge in [-0.2, -0.15) is 0 Å². The van der Waals surface area contributed by atoms with E-state index < -0.39 is 13.7 Å². The molecule has 0 bridgehead atoms. The lowest BCUT2D eigenvalue weighted by Gasteiger charge is -2.40. The molecule has 0 saturated heterocycles. The van der Waals surface area contributed by atoms with Gasteiger partial charge in [0.05, 0.1) is 8.07 Å². The van der Waals surface area contributed by atoms with Gasteiger partial charge >= 0.3 is 0 Å². The number of hydrogen-bond acceptors (Lipinski definition) is 1. The van der Waals surface area contributed by atoms with E-state index in [-0.39, 0.29) is 5.92 Å². The Bertz CT molecular complexity index is 389. The topological polar surface area (TPSA) is 20.2 Å². The second-order valence-electron chi connectivity index (χ2n) is 6.02. The summed E-state index contributed by atoms with van der Waals surface area (Å²) in [5.74, 6) is 0.129. The quantitative estimate of drug-likeness (QED) is 0.800. The van der Waals surface area contributed by atoms with Crippen LogP contribution in [-0.4, -0.2) is 13.2 Å². The summed E-state index contributed by atoms with van der Waals surface area (Å²) in [5.41, 5.74) is 0.0635. The maximum Gasteiger partial charge on any atom is 0.109 e. The van der Waals surface area contributed by atoms with Crippen LogP contribution in [0.5, 0.6) is 0 Å². The second-order valence-corrected chi connectivity index (χ2v) is 11.1. The fourth-order valence-corrected chi connectivity index (χ4v) is 3.70. The summed E-state index contributed by atoms with van der Waals surface area (Å²) in [6, 6.07) is 9.90. The molecule has 1 N–H and O–H groups in total. The summed E-state index contributed by atoms with van der Waals surface area (Å²) in [6.07, 6.45) is 0. The highest BCUT2D eigenvalue weighted by molar-refractivity contribution is 6.83. The van der Waals surface area contributed by atoms with Crippen molar-refractivity contribution in [1.82, 2.24) is 0 Å². The van der Waals surface area contributed by atoms with Gasteiger partial charge in [0.15, 0.2) is 0 Å². The Kier molecular flexibility index (Phi) is 4.00. The van der Waals surface area contributed by atoms with E-state index in [2.05, 4.69) is 40.1 Å². The third kappa shape index (κ3) is 2.69. The Hall–Kier alpha value is -0.863. The summed E-state index contributed by atoms with van der Waals surface area (Å²) in [4.78, 5) is 0. The van der Waals surface area contributed by atoms with Crippen LogP contribution in [0.4, 0.5) is 0 Å². The normalized spacial score (nSPS) is 15.7. The number of rotatable bonds is 4. The van der Waals surface area contributed by atoms with Crippen molar-refractivity contribution in [2.75, 3.05) is 0 Å². The molecule has 0 aliphatic heterocycles. The molecule has 1 aromatic rings. The van der Waals surface area contributed by atoms with Crippen LogP contribution in [0.1, 0.15) is 19.4 Å².